The van der Waals surface area contributed by atoms with Gasteiger partial charge in [0.15, 0.2) is 0 Å². The Morgan fingerprint density at radius 3 is 2.53 bits per heavy atom. The minimum absolute atomic E-state index is 0.0739. The van der Waals surface area contributed by atoms with E-state index in [-0.39, 0.29) is 12.3 Å². The third-order valence-electron chi connectivity index (χ3n) is 3.19. The molecule has 0 aromatic rings. The standard InChI is InChI=1S/C13H24N2O4/c1-2-3-5-14(6-4-13(17)18)11-12(16)15-7-9-19-10-8-15/h2-11H2,1H3,(H,17,18). The summed E-state index contributed by atoms with van der Waals surface area (Å²) in [4.78, 5) is 26.5. The average molecular weight is 272 g/mol. The number of morpholine rings is 1. The van der Waals surface area contributed by atoms with Gasteiger partial charge in [0.25, 0.3) is 0 Å². The number of carbonyl (C=O) groups is 2. The summed E-state index contributed by atoms with van der Waals surface area (Å²) in [6.45, 7) is 6.07. The predicted octanol–water partition coefficient (Wildman–Crippen LogP) is 0.422. The van der Waals surface area contributed by atoms with Gasteiger partial charge >= 0.3 is 5.97 Å². The highest BCUT2D eigenvalue weighted by Crippen LogP contribution is 2.02. The van der Waals surface area contributed by atoms with Crippen molar-refractivity contribution in [3.05, 3.63) is 0 Å². The third kappa shape index (κ3) is 6.54. The number of hydrogen-bond acceptors (Lipinski definition) is 4. The van der Waals surface area contributed by atoms with Gasteiger partial charge in [0.2, 0.25) is 5.91 Å². The van der Waals surface area contributed by atoms with Gasteiger partial charge in [0.05, 0.1) is 26.2 Å². The van der Waals surface area contributed by atoms with Crippen molar-refractivity contribution in [1.29, 1.82) is 0 Å². The summed E-state index contributed by atoms with van der Waals surface area (Å²) >= 11 is 0. The van der Waals surface area contributed by atoms with Gasteiger partial charge in [-0.3, -0.25) is 14.5 Å². The molecule has 1 fully saturated rings. The summed E-state index contributed by atoms with van der Waals surface area (Å²) in [7, 11) is 0. The Morgan fingerprint density at radius 2 is 1.95 bits per heavy atom. The van der Waals surface area contributed by atoms with E-state index in [1.807, 2.05) is 4.90 Å². The maximum Gasteiger partial charge on any atom is 0.304 e. The molecule has 0 aromatic carbocycles. The van der Waals surface area contributed by atoms with E-state index in [0.717, 1.165) is 19.4 Å². The molecular weight excluding hydrogens is 248 g/mol. The van der Waals surface area contributed by atoms with E-state index in [0.29, 0.717) is 39.4 Å². The zero-order valence-corrected chi connectivity index (χ0v) is 11.6. The van der Waals surface area contributed by atoms with Crippen LogP contribution in [-0.4, -0.2) is 72.7 Å². The fourth-order valence-electron chi connectivity index (χ4n) is 2.01. The Hall–Kier alpha value is -1.14. The number of carboxylic acid groups (broad SMARTS) is 1. The van der Waals surface area contributed by atoms with E-state index in [2.05, 4.69) is 6.92 Å². The summed E-state index contributed by atoms with van der Waals surface area (Å²) in [5.74, 6) is -0.745. The summed E-state index contributed by atoms with van der Waals surface area (Å²) in [5, 5.41) is 8.73. The lowest BCUT2D eigenvalue weighted by Crippen LogP contribution is -2.46. The maximum absolute atomic E-state index is 12.1. The van der Waals surface area contributed by atoms with Gasteiger partial charge in [0, 0.05) is 19.6 Å². The minimum atomic E-state index is -0.819. The van der Waals surface area contributed by atoms with Crippen LogP contribution in [0.25, 0.3) is 0 Å². The number of nitrogens with zero attached hydrogens (tertiary/aromatic N) is 2. The summed E-state index contributed by atoms with van der Waals surface area (Å²) < 4.78 is 5.21. The second-order valence-corrected chi connectivity index (χ2v) is 4.77. The number of ether oxygens (including phenoxy) is 1. The van der Waals surface area contributed by atoms with Gasteiger partial charge in [-0.15, -0.1) is 0 Å². The molecule has 1 aliphatic heterocycles. The molecule has 19 heavy (non-hydrogen) atoms. The molecule has 1 N–H and O–H groups in total. The highest BCUT2D eigenvalue weighted by Gasteiger charge is 2.19. The Balaban J connectivity index is 2.39. The molecule has 1 rings (SSSR count). The number of aliphatic carboxylic acids is 1. The molecule has 110 valence electrons. The van der Waals surface area contributed by atoms with Crippen LogP contribution in [0.3, 0.4) is 0 Å². The molecule has 0 unspecified atom stereocenters. The number of unbranched alkanes of at least 4 members (excludes halogenated alkanes) is 1. The average Bonchev–Trinajstić information content (AvgIpc) is 2.42. The van der Waals surface area contributed by atoms with E-state index >= 15 is 0 Å². The molecule has 0 radical (unpaired) electrons. The molecule has 0 spiro atoms. The van der Waals surface area contributed by atoms with Crippen molar-refractivity contribution in [3.8, 4) is 0 Å². The first-order chi connectivity index (χ1) is 9.13. The van der Waals surface area contributed by atoms with Crippen molar-refractivity contribution in [2.24, 2.45) is 0 Å². The quantitative estimate of drug-likeness (QED) is 0.693. The van der Waals surface area contributed by atoms with Crippen LogP contribution in [-0.2, 0) is 14.3 Å². The van der Waals surface area contributed by atoms with E-state index in [4.69, 9.17) is 9.84 Å². The van der Waals surface area contributed by atoms with Gasteiger partial charge in [-0.1, -0.05) is 13.3 Å². The first kappa shape index (κ1) is 15.9. The van der Waals surface area contributed by atoms with Crippen LogP contribution in [0.4, 0.5) is 0 Å². The highest BCUT2D eigenvalue weighted by atomic mass is 16.5. The molecule has 0 bridgehead atoms. The normalized spacial score (nSPS) is 15.8. The second-order valence-electron chi connectivity index (χ2n) is 4.77. The van der Waals surface area contributed by atoms with Gasteiger partial charge in [-0.25, -0.2) is 0 Å². The molecule has 0 aliphatic carbocycles. The second kappa shape index (κ2) is 8.87. The summed E-state index contributed by atoms with van der Waals surface area (Å²) in [5.41, 5.74) is 0. The number of amides is 1. The third-order valence-corrected chi connectivity index (χ3v) is 3.19. The molecule has 0 saturated carbocycles. The van der Waals surface area contributed by atoms with Crippen LogP contribution >= 0.6 is 0 Å². The van der Waals surface area contributed by atoms with Crippen molar-refractivity contribution in [2.75, 3.05) is 45.9 Å². The van der Waals surface area contributed by atoms with Crippen LogP contribution in [0.5, 0.6) is 0 Å². The molecule has 1 aliphatic rings. The smallest absolute Gasteiger partial charge is 0.304 e. The molecule has 6 nitrogen and oxygen atoms in total. The monoisotopic (exact) mass is 272 g/mol. The van der Waals surface area contributed by atoms with Crippen LogP contribution in [0.2, 0.25) is 0 Å². The first-order valence-corrected chi connectivity index (χ1v) is 6.93. The zero-order valence-electron chi connectivity index (χ0n) is 11.6. The maximum atomic E-state index is 12.1. The first-order valence-electron chi connectivity index (χ1n) is 6.93. The molecule has 1 heterocycles. The lowest BCUT2D eigenvalue weighted by Gasteiger charge is -2.29. The molecular formula is C13H24N2O4. The van der Waals surface area contributed by atoms with Crippen LogP contribution in [0.15, 0.2) is 0 Å². The van der Waals surface area contributed by atoms with Crippen LogP contribution < -0.4 is 0 Å². The van der Waals surface area contributed by atoms with Gasteiger partial charge in [0.1, 0.15) is 0 Å². The zero-order chi connectivity index (χ0) is 14.1. The largest absolute Gasteiger partial charge is 0.481 e. The SMILES string of the molecule is CCCCN(CCC(=O)O)CC(=O)N1CCOCC1. The lowest BCUT2D eigenvalue weighted by molar-refractivity contribution is -0.139. The fraction of sp³-hybridized carbons (Fsp3) is 0.846. The van der Waals surface area contributed by atoms with Crippen molar-refractivity contribution >= 4 is 11.9 Å². The number of carboxylic acids is 1. The number of carbonyl (C=O) groups excluding carboxylic acids is 1. The lowest BCUT2D eigenvalue weighted by atomic mass is 10.2. The Bertz CT molecular complexity index is 290. The number of rotatable bonds is 8. The fourth-order valence-corrected chi connectivity index (χ4v) is 2.01. The molecule has 0 atom stereocenters. The van der Waals surface area contributed by atoms with Crippen molar-refractivity contribution in [3.63, 3.8) is 0 Å². The van der Waals surface area contributed by atoms with Crippen molar-refractivity contribution in [2.45, 2.75) is 26.2 Å². The summed E-state index contributed by atoms with van der Waals surface area (Å²) in [6, 6.07) is 0. The molecule has 6 heteroatoms. The molecule has 0 aromatic heterocycles. The Kier molecular flexibility index (Phi) is 7.43. The highest BCUT2D eigenvalue weighted by molar-refractivity contribution is 5.78. The molecule has 1 saturated heterocycles. The van der Waals surface area contributed by atoms with E-state index in [1.54, 1.807) is 4.90 Å². The van der Waals surface area contributed by atoms with E-state index in [9.17, 15) is 9.59 Å². The van der Waals surface area contributed by atoms with Crippen LogP contribution in [0.1, 0.15) is 26.2 Å². The van der Waals surface area contributed by atoms with Gasteiger partial charge in [-0.2, -0.15) is 0 Å². The number of hydrogen-bond donors (Lipinski definition) is 1. The van der Waals surface area contributed by atoms with Gasteiger partial charge < -0.3 is 14.7 Å². The van der Waals surface area contributed by atoms with Gasteiger partial charge in [-0.05, 0) is 13.0 Å². The van der Waals surface area contributed by atoms with E-state index in [1.165, 1.54) is 0 Å². The topological polar surface area (TPSA) is 70.1 Å². The van der Waals surface area contributed by atoms with Crippen molar-refractivity contribution in [1.82, 2.24) is 9.80 Å². The minimum Gasteiger partial charge on any atom is -0.481 e. The van der Waals surface area contributed by atoms with Crippen LogP contribution in [0, 0.1) is 0 Å². The Labute approximate surface area is 114 Å². The summed E-state index contributed by atoms with van der Waals surface area (Å²) in [6.07, 6.45) is 2.10. The van der Waals surface area contributed by atoms with E-state index < -0.39 is 5.97 Å². The Morgan fingerprint density at radius 1 is 1.26 bits per heavy atom. The molecule has 1 amide bonds. The predicted molar refractivity (Wildman–Crippen MR) is 71.0 cm³/mol. The van der Waals surface area contributed by atoms with Crippen molar-refractivity contribution < 1.29 is 19.4 Å².